The van der Waals surface area contributed by atoms with Crippen molar-refractivity contribution in [2.24, 2.45) is 0 Å². The Balaban J connectivity index is 1.51. The van der Waals surface area contributed by atoms with Crippen molar-refractivity contribution in [2.75, 3.05) is 18.1 Å². The van der Waals surface area contributed by atoms with Crippen LogP contribution in [0.25, 0.3) is 6.08 Å². The van der Waals surface area contributed by atoms with Crippen LogP contribution in [0, 0.1) is 0 Å². The van der Waals surface area contributed by atoms with Crippen molar-refractivity contribution in [1.29, 1.82) is 0 Å². The van der Waals surface area contributed by atoms with Crippen molar-refractivity contribution in [3.05, 3.63) is 125 Å². The highest BCUT2D eigenvalue weighted by Crippen LogP contribution is 2.45. The summed E-state index contributed by atoms with van der Waals surface area (Å²) in [5, 5.41) is 20.6. The number of hydrogen-bond donors (Lipinski definition) is 1. The van der Waals surface area contributed by atoms with E-state index >= 15 is 0 Å². The molecule has 1 unspecified atom stereocenters. The number of halogens is 1. The van der Waals surface area contributed by atoms with Gasteiger partial charge in [-0.15, -0.1) is 10.2 Å². The minimum absolute atomic E-state index is 0.0741. The maximum atomic E-state index is 13.6. The maximum Gasteiger partial charge on any atom is 0.296 e. The molecule has 4 aromatic rings. The molecule has 0 spiro atoms. The smallest absolute Gasteiger partial charge is 0.296 e. The Morgan fingerprint density at radius 2 is 1.86 bits per heavy atom. The zero-order valence-electron chi connectivity index (χ0n) is 23.7. The lowest BCUT2D eigenvalue weighted by molar-refractivity contribution is -0.117. The monoisotopic (exact) mass is 645 g/mol. The topological polar surface area (TPSA) is 102 Å². The van der Waals surface area contributed by atoms with E-state index in [9.17, 15) is 14.7 Å². The normalized spacial score (nSPS) is 14.8. The second kappa shape index (κ2) is 14.4. The first-order valence-corrected chi connectivity index (χ1v) is 15.8. The maximum absolute atomic E-state index is 13.6. The predicted octanol–water partition coefficient (Wildman–Crippen LogP) is 7.63. The molecule has 2 heterocycles. The van der Waals surface area contributed by atoms with E-state index in [1.807, 2.05) is 61.5 Å². The molecule has 0 aliphatic carbocycles. The summed E-state index contributed by atoms with van der Waals surface area (Å²) in [5.41, 5.74) is 2.30. The van der Waals surface area contributed by atoms with Gasteiger partial charge in [0.25, 0.3) is 5.91 Å². The number of aliphatic hydroxyl groups is 1. The van der Waals surface area contributed by atoms with E-state index in [0.717, 1.165) is 11.1 Å². The number of hydrogen-bond acceptors (Lipinski definition) is 9. The van der Waals surface area contributed by atoms with Crippen molar-refractivity contribution >= 4 is 57.6 Å². The number of aliphatic hydroxyl groups excluding tert-OH is 1. The second-order valence-electron chi connectivity index (χ2n) is 9.45. The number of rotatable bonds is 13. The summed E-state index contributed by atoms with van der Waals surface area (Å²) >= 11 is 8.65. The molecule has 0 saturated carbocycles. The number of benzene rings is 3. The Kier molecular flexibility index (Phi) is 10.2. The summed E-state index contributed by atoms with van der Waals surface area (Å²) in [7, 11) is 0. The quantitative estimate of drug-likeness (QED) is 0.0685. The zero-order chi connectivity index (χ0) is 31.1. The largest absolute Gasteiger partial charge is 0.503 e. The summed E-state index contributed by atoms with van der Waals surface area (Å²) in [6, 6.07) is 20.9. The lowest BCUT2D eigenvalue weighted by Crippen LogP contribution is -2.31. The standard InChI is InChI=1S/C33H28ClN3O5S2/c1-3-18-42-26-17-13-23(19-27(26)41-4-2)29-28(25(38)16-12-21-8-6-5-7-9-21)30(39)31(40)37(29)32-35-36-33(44-32)43-20-22-10-14-24(34)15-11-22/h3,5-17,19,29,39H,1,4,18,20H2,2H3. The van der Waals surface area contributed by atoms with Crippen molar-refractivity contribution in [3.63, 3.8) is 0 Å². The van der Waals surface area contributed by atoms with Crippen LogP contribution in [0.2, 0.25) is 5.02 Å². The number of allylic oxidation sites excluding steroid dienone is 1. The molecule has 11 heteroatoms. The lowest BCUT2D eigenvalue weighted by atomic mass is 9.95. The first-order chi connectivity index (χ1) is 21.4. The van der Waals surface area contributed by atoms with Crippen LogP contribution in [-0.4, -0.2) is 40.2 Å². The number of carbonyl (C=O) groups excluding carboxylic acids is 2. The Bertz CT molecular complexity index is 1720. The first kappa shape index (κ1) is 31.1. The molecule has 1 aliphatic heterocycles. The van der Waals surface area contributed by atoms with E-state index in [1.165, 1.54) is 34.1 Å². The van der Waals surface area contributed by atoms with E-state index in [0.29, 0.717) is 38.8 Å². The van der Waals surface area contributed by atoms with Gasteiger partial charge in [-0.05, 0) is 54.0 Å². The number of ketones is 1. The van der Waals surface area contributed by atoms with E-state index < -0.39 is 23.5 Å². The minimum atomic E-state index is -0.995. The van der Waals surface area contributed by atoms with Gasteiger partial charge in [0.15, 0.2) is 27.4 Å². The molecule has 0 saturated heterocycles. The highest BCUT2D eigenvalue weighted by molar-refractivity contribution is 8.00. The number of nitrogens with zero attached hydrogens (tertiary/aromatic N) is 3. The number of amides is 1. The molecule has 0 radical (unpaired) electrons. The van der Waals surface area contributed by atoms with Crippen LogP contribution in [0.3, 0.4) is 0 Å². The van der Waals surface area contributed by atoms with Crippen LogP contribution in [0.1, 0.15) is 29.7 Å². The Hall–Kier alpha value is -4.38. The van der Waals surface area contributed by atoms with E-state index in [-0.39, 0.29) is 17.3 Å². The van der Waals surface area contributed by atoms with Crippen LogP contribution in [0.4, 0.5) is 5.13 Å². The molecule has 44 heavy (non-hydrogen) atoms. The van der Waals surface area contributed by atoms with Crippen molar-refractivity contribution < 1.29 is 24.2 Å². The molecule has 0 fully saturated rings. The molecular weight excluding hydrogens is 618 g/mol. The molecule has 8 nitrogen and oxygen atoms in total. The number of anilines is 1. The van der Waals surface area contributed by atoms with Crippen molar-refractivity contribution in [1.82, 2.24) is 10.2 Å². The van der Waals surface area contributed by atoms with E-state index in [2.05, 4.69) is 16.8 Å². The fourth-order valence-corrected chi connectivity index (χ4v) is 6.46. The summed E-state index contributed by atoms with van der Waals surface area (Å²) in [6.07, 6.45) is 4.61. The van der Waals surface area contributed by atoms with Crippen LogP contribution in [-0.2, 0) is 15.3 Å². The molecule has 1 aliphatic rings. The number of ether oxygens (including phenoxy) is 2. The van der Waals surface area contributed by atoms with Gasteiger partial charge in [-0.2, -0.15) is 0 Å². The molecule has 1 aromatic heterocycles. The molecule has 1 atom stereocenters. The third kappa shape index (κ3) is 7.05. The van der Waals surface area contributed by atoms with Gasteiger partial charge in [0.2, 0.25) is 5.13 Å². The van der Waals surface area contributed by atoms with Gasteiger partial charge in [0, 0.05) is 10.8 Å². The van der Waals surface area contributed by atoms with Crippen LogP contribution in [0.15, 0.2) is 107 Å². The van der Waals surface area contributed by atoms with Crippen LogP contribution >= 0.6 is 34.7 Å². The molecule has 0 bridgehead atoms. The highest BCUT2D eigenvalue weighted by atomic mass is 35.5. The van der Waals surface area contributed by atoms with Gasteiger partial charge in [0.1, 0.15) is 6.61 Å². The Morgan fingerprint density at radius 1 is 1.09 bits per heavy atom. The van der Waals surface area contributed by atoms with E-state index in [4.69, 9.17) is 21.1 Å². The number of aromatic nitrogens is 2. The number of carbonyl (C=O) groups is 2. The summed E-state index contributed by atoms with van der Waals surface area (Å²) < 4.78 is 12.2. The molecular formula is C33H28ClN3O5S2. The van der Waals surface area contributed by atoms with Gasteiger partial charge in [-0.1, -0.05) is 102 Å². The molecule has 1 amide bonds. The Labute approximate surface area is 268 Å². The number of thioether (sulfide) groups is 1. The lowest BCUT2D eigenvalue weighted by Gasteiger charge is -2.24. The predicted molar refractivity (Wildman–Crippen MR) is 175 cm³/mol. The summed E-state index contributed by atoms with van der Waals surface area (Å²) in [6.45, 7) is 6.16. The third-order valence-electron chi connectivity index (χ3n) is 6.52. The van der Waals surface area contributed by atoms with Gasteiger partial charge in [-0.3, -0.25) is 14.5 Å². The molecule has 224 valence electrons. The fourth-order valence-electron chi connectivity index (χ4n) is 4.51. The SMILES string of the molecule is C=CCOc1ccc(C2C(C(=O)C=Cc3ccccc3)=C(O)C(=O)N2c2nnc(SCc3ccc(Cl)cc3)s2)cc1OCC. The van der Waals surface area contributed by atoms with Crippen LogP contribution in [0.5, 0.6) is 11.5 Å². The van der Waals surface area contributed by atoms with Crippen molar-refractivity contribution in [3.8, 4) is 11.5 Å². The highest BCUT2D eigenvalue weighted by Gasteiger charge is 2.45. The van der Waals surface area contributed by atoms with Gasteiger partial charge >= 0.3 is 0 Å². The van der Waals surface area contributed by atoms with Gasteiger partial charge in [-0.25, -0.2) is 0 Å². The van der Waals surface area contributed by atoms with Gasteiger partial charge in [0.05, 0.1) is 18.2 Å². The third-order valence-corrected chi connectivity index (χ3v) is 8.90. The summed E-state index contributed by atoms with van der Waals surface area (Å²) in [5.74, 6) is -0.388. The van der Waals surface area contributed by atoms with Crippen molar-refractivity contribution in [2.45, 2.75) is 23.1 Å². The molecule has 3 aromatic carbocycles. The fraction of sp³-hybridized carbons (Fsp3) is 0.152. The Morgan fingerprint density at radius 3 is 2.59 bits per heavy atom. The minimum Gasteiger partial charge on any atom is -0.503 e. The zero-order valence-corrected chi connectivity index (χ0v) is 26.1. The average Bonchev–Trinajstić information content (AvgIpc) is 3.61. The van der Waals surface area contributed by atoms with E-state index in [1.54, 1.807) is 30.4 Å². The molecule has 5 rings (SSSR count). The van der Waals surface area contributed by atoms with Gasteiger partial charge < -0.3 is 14.6 Å². The second-order valence-corrected chi connectivity index (χ2v) is 12.1. The molecule has 1 N–H and O–H groups in total. The summed E-state index contributed by atoms with van der Waals surface area (Å²) in [4.78, 5) is 28.6. The average molecular weight is 646 g/mol. The first-order valence-electron chi connectivity index (χ1n) is 13.6. The van der Waals surface area contributed by atoms with Crippen LogP contribution < -0.4 is 14.4 Å².